The molecule has 1 atom stereocenters. The number of rotatable bonds is 5. The van der Waals surface area contributed by atoms with Crippen LogP contribution in [0.2, 0.25) is 0 Å². The van der Waals surface area contributed by atoms with Crippen molar-refractivity contribution in [2.45, 2.75) is 39.0 Å². The minimum Gasteiger partial charge on any atom is -0.465 e. The Labute approximate surface area is 112 Å². The first-order chi connectivity index (χ1) is 9.19. The van der Waals surface area contributed by atoms with Gasteiger partial charge in [0.05, 0.1) is 18.4 Å². The van der Waals surface area contributed by atoms with Crippen LogP contribution in [0.3, 0.4) is 0 Å². The van der Waals surface area contributed by atoms with E-state index in [2.05, 4.69) is 28.6 Å². The van der Waals surface area contributed by atoms with E-state index in [1.54, 1.807) is 10.6 Å². The van der Waals surface area contributed by atoms with Gasteiger partial charge in [-0.3, -0.25) is 4.40 Å². The molecule has 0 radical (unpaired) electrons. The SMILES string of the molecule is CCCC(CC)c1cn2cc(C(=O)OC)cnc2n1. The van der Waals surface area contributed by atoms with E-state index < -0.39 is 0 Å². The fraction of sp³-hybridized carbons (Fsp3) is 0.500. The monoisotopic (exact) mass is 261 g/mol. The molecule has 0 saturated heterocycles. The zero-order valence-electron chi connectivity index (χ0n) is 11.6. The highest BCUT2D eigenvalue weighted by Crippen LogP contribution is 2.23. The fourth-order valence-corrected chi connectivity index (χ4v) is 2.23. The second-order valence-corrected chi connectivity index (χ2v) is 4.60. The van der Waals surface area contributed by atoms with Crippen LogP contribution in [0.5, 0.6) is 0 Å². The van der Waals surface area contributed by atoms with Crippen LogP contribution in [0, 0.1) is 0 Å². The maximum atomic E-state index is 11.5. The largest absolute Gasteiger partial charge is 0.465 e. The van der Waals surface area contributed by atoms with Crippen molar-refractivity contribution in [3.63, 3.8) is 0 Å². The molecule has 5 heteroatoms. The minimum atomic E-state index is -0.384. The van der Waals surface area contributed by atoms with Gasteiger partial charge >= 0.3 is 5.97 Å². The van der Waals surface area contributed by atoms with Crippen molar-refractivity contribution in [3.8, 4) is 0 Å². The molecule has 2 aromatic heterocycles. The topological polar surface area (TPSA) is 56.5 Å². The maximum absolute atomic E-state index is 11.5. The Morgan fingerprint density at radius 2 is 2.21 bits per heavy atom. The smallest absolute Gasteiger partial charge is 0.340 e. The van der Waals surface area contributed by atoms with Gasteiger partial charge < -0.3 is 4.74 Å². The molecule has 0 bridgehead atoms. The van der Waals surface area contributed by atoms with Crippen LogP contribution >= 0.6 is 0 Å². The summed E-state index contributed by atoms with van der Waals surface area (Å²) in [6.45, 7) is 4.34. The third-order valence-electron chi connectivity index (χ3n) is 3.30. The van der Waals surface area contributed by atoms with Gasteiger partial charge in [0.25, 0.3) is 0 Å². The Kier molecular flexibility index (Phi) is 4.14. The first-order valence-corrected chi connectivity index (χ1v) is 6.62. The minimum absolute atomic E-state index is 0.384. The molecule has 5 nitrogen and oxygen atoms in total. The summed E-state index contributed by atoms with van der Waals surface area (Å²) < 4.78 is 6.48. The van der Waals surface area contributed by atoms with Gasteiger partial charge in [-0.25, -0.2) is 14.8 Å². The van der Waals surface area contributed by atoms with E-state index in [1.165, 1.54) is 13.3 Å². The molecular formula is C14H19N3O2. The summed E-state index contributed by atoms with van der Waals surface area (Å²) in [5.41, 5.74) is 1.47. The molecule has 0 aliphatic carbocycles. The van der Waals surface area contributed by atoms with Gasteiger partial charge in [-0.2, -0.15) is 0 Å². The predicted octanol–water partition coefficient (Wildman–Crippen LogP) is 2.81. The number of esters is 1. The summed E-state index contributed by atoms with van der Waals surface area (Å²) in [5.74, 6) is 0.690. The van der Waals surface area contributed by atoms with E-state index in [0.717, 1.165) is 25.0 Å². The molecule has 0 aliphatic heterocycles. The third kappa shape index (κ3) is 2.75. The highest BCUT2D eigenvalue weighted by molar-refractivity contribution is 5.88. The number of imidazole rings is 1. The van der Waals surface area contributed by atoms with Crippen molar-refractivity contribution in [1.29, 1.82) is 0 Å². The lowest BCUT2D eigenvalue weighted by molar-refractivity contribution is 0.0599. The van der Waals surface area contributed by atoms with Gasteiger partial charge in [-0.15, -0.1) is 0 Å². The molecule has 0 aliphatic rings. The first kappa shape index (κ1) is 13.5. The molecule has 1 unspecified atom stereocenters. The van der Waals surface area contributed by atoms with E-state index in [-0.39, 0.29) is 5.97 Å². The molecule has 0 fully saturated rings. The number of carbonyl (C=O) groups is 1. The Balaban J connectivity index is 2.37. The first-order valence-electron chi connectivity index (χ1n) is 6.62. The Bertz CT molecular complexity index is 577. The highest BCUT2D eigenvalue weighted by atomic mass is 16.5. The van der Waals surface area contributed by atoms with Crippen LogP contribution in [-0.4, -0.2) is 27.4 Å². The van der Waals surface area contributed by atoms with Crippen molar-refractivity contribution in [2.75, 3.05) is 7.11 Å². The molecular weight excluding hydrogens is 242 g/mol. The molecule has 0 saturated carbocycles. The fourth-order valence-electron chi connectivity index (χ4n) is 2.23. The third-order valence-corrected chi connectivity index (χ3v) is 3.30. The van der Waals surface area contributed by atoms with Crippen molar-refractivity contribution >= 4 is 11.7 Å². The van der Waals surface area contributed by atoms with Gasteiger partial charge in [0.1, 0.15) is 0 Å². The van der Waals surface area contributed by atoms with Crippen molar-refractivity contribution in [2.24, 2.45) is 0 Å². The molecule has 19 heavy (non-hydrogen) atoms. The van der Waals surface area contributed by atoms with Crippen molar-refractivity contribution in [1.82, 2.24) is 14.4 Å². The number of ether oxygens (including phenoxy) is 1. The molecule has 2 heterocycles. The molecule has 2 aromatic rings. The molecule has 102 valence electrons. The highest BCUT2D eigenvalue weighted by Gasteiger charge is 2.14. The average molecular weight is 261 g/mol. The predicted molar refractivity (Wildman–Crippen MR) is 72.3 cm³/mol. The lowest BCUT2D eigenvalue weighted by atomic mass is 9.98. The molecule has 0 spiro atoms. The summed E-state index contributed by atoms with van der Waals surface area (Å²) in [6, 6.07) is 0. The van der Waals surface area contributed by atoms with Gasteiger partial charge in [0, 0.05) is 24.5 Å². The van der Waals surface area contributed by atoms with Crippen LogP contribution in [0.15, 0.2) is 18.6 Å². The van der Waals surface area contributed by atoms with E-state index in [0.29, 0.717) is 17.3 Å². The van der Waals surface area contributed by atoms with Gasteiger partial charge in [0.15, 0.2) is 0 Å². The lowest BCUT2D eigenvalue weighted by Gasteiger charge is -2.09. The van der Waals surface area contributed by atoms with Crippen LogP contribution in [0.25, 0.3) is 5.78 Å². The van der Waals surface area contributed by atoms with E-state index in [9.17, 15) is 4.79 Å². The normalized spacial score (nSPS) is 12.6. The Hall–Kier alpha value is -1.91. The van der Waals surface area contributed by atoms with Gasteiger partial charge in [-0.1, -0.05) is 20.3 Å². The standard InChI is InChI=1S/C14H19N3O2/c1-4-6-10(5-2)12-9-17-8-11(13(18)19-3)7-15-14(17)16-12/h7-10H,4-6H2,1-3H3. The second kappa shape index (κ2) is 5.82. The van der Waals surface area contributed by atoms with Crippen LogP contribution in [0.4, 0.5) is 0 Å². The number of methoxy groups -OCH3 is 1. The number of hydrogen-bond acceptors (Lipinski definition) is 4. The lowest BCUT2D eigenvalue weighted by Crippen LogP contribution is -2.03. The number of nitrogens with zero attached hydrogens (tertiary/aromatic N) is 3. The molecule has 0 N–H and O–H groups in total. The molecule has 0 amide bonds. The van der Waals surface area contributed by atoms with E-state index in [1.807, 2.05) is 6.20 Å². The Morgan fingerprint density at radius 3 is 2.84 bits per heavy atom. The number of fused-ring (bicyclic) bond motifs is 1. The van der Waals surface area contributed by atoms with Crippen LogP contribution in [0.1, 0.15) is 55.1 Å². The van der Waals surface area contributed by atoms with E-state index >= 15 is 0 Å². The maximum Gasteiger partial charge on any atom is 0.340 e. The summed E-state index contributed by atoms with van der Waals surface area (Å²) in [5, 5.41) is 0. The molecule has 2 rings (SSSR count). The quantitative estimate of drug-likeness (QED) is 0.777. The number of hydrogen-bond donors (Lipinski definition) is 0. The van der Waals surface area contributed by atoms with Gasteiger partial charge in [0.2, 0.25) is 5.78 Å². The summed E-state index contributed by atoms with van der Waals surface area (Å²) >= 11 is 0. The second-order valence-electron chi connectivity index (χ2n) is 4.60. The zero-order valence-corrected chi connectivity index (χ0v) is 11.6. The Morgan fingerprint density at radius 1 is 1.42 bits per heavy atom. The van der Waals surface area contributed by atoms with Crippen molar-refractivity contribution in [3.05, 3.63) is 29.8 Å². The summed E-state index contributed by atoms with van der Waals surface area (Å²) in [6.07, 6.45) is 8.47. The average Bonchev–Trinajstić information content (AvgIpc) is 2.86. The number of aromatic nitrogens is 3. The zero-order chi connectivity index (χ0) is 13.8. The van der Waals surface area contributed by atoms with Crippen LogP contribution in [-0.2, 0) is 4.74 Å². The number of carbonyl (C=O) groups excluding carboxylic acids is 1. The molecule has 0 aromatic carbocycles. The van der Waals surface area contributed by atoms with Crippen LogP contribution < -0.4 is 0 Å². The summed E-state index contributed by atoms with van der Waals surface area (Å²) in [4.78, 5) is 20.2. The van der Waals surface area contributed by atoms with Crippen molar-refractivity contribution < 1.29 is 9.53 Å². The van der Waals surface area contributed by atoms with Gasteiger partial charge in [-0.05, 0) is 12.8 Å². The summed E-state index contributed by atoms with van der Waals surface area (Å²) in [7, 11) is 1.36. The van der Waals surface area contributed by atoms with E-state index in [4.69, 9.17) is 0 Å².